The molecule has 0 unspecified atom stereocenters. The van der Waals surface area contributed by atoms with Crippen molar-refractivity contribution in [3.8, 4) is 0 Å². The summed E-state index contributed by atoms with van der Waals surface area (Å²) in [5.74, 6) is 0. The van der Waals surface area contributed by atoms with Crippen LogP contribution in [0.1, 0.15) is 0 Å². The first-order chi connectivity index (χ1) is 24.5. The molecule has 0 atom stereocenters. The molecule has 0 saturated carbocycles. The fraction of sp³-hybridized carbons (Fsp3) is 0.308. The van der Waals surface area contributed by atoms with Gasteiger partial charge in [0.15, 0.2) is 0 Å². The summed E-state index contributed by atoms with van der Waals surface area (Å²) in [5, 5.41) is 4.29. The standard InChI is InChI=1S/C26H20S24/c1-27-9-10(28-2)40-21(39-9)23-43-13-14(44-23)32-6-36-18-17(35-5-31-13)47-25(48-18)26-49-19-20(50-26)38-8-34-16-15(33-7-37-19)45-24(46-16)22-41-11(29-3)12(30-4)42-22/h5-8H2,1-4H3. The van der Waals surface area contributed by atoms with E-state index in [1.807, 2.05) is 235 Å². The molecule has 0 aromatic carbocycles. The number of hydrogen-bond acceptors (Lipinski definition) is 24. The van der Waals surface area contributed by atoms with Crippen LogP contribution in [0.15, 0.2) is 76.3 Å². The molecule has 0 saturated heterocycles. The third-order valence-electron chi connectivity index (χ3n) is 5.99. The van der Waals surface area contributed by atoms with Crippen molar-refractivity contribution in [1.29, 1.82) is 0 Å². The van der Waals surface area contributed by atoms with E-state index < -0.39 is 0 Å². The number of rotatable bonds is 4. The average Bonchev–Trinajstić information content (AvgIpc) is 3.97. The molecule has 8 aliphatic heterocycles. The molecule has 0 aromatic heterocycles. The first-order valence-corrected chi connectivity index (χ1v) is 36.1. The van der Waals surface area contributed by atoms with E-state index in [-0.39, 0.29) is 0 Å². The Kier molecular flexibility index (Phi) is 17.7. The highest BCUT2D eigenvalue weighted by molar-refractivity contribution is 8.51. The summed E-state index contributed by atoms with van der Waals surface area (Å²) in [5.41, 5.74) is 0. The Labute approximate surface area is 397 Å². The van der Waals surface area contributed by atoms with Gasteiger partial charge in [0.1, 0.15) is 0 Å². The van der Waals surface area contributed by atoms with Crippen LogP contribution in [0.4, 0.5) is 0 Å². The van der Waals surface area contributed by atoms with Crippen LogP contribution >= 0.6 is 282 Å². The van der Waals surface area contributed by atoms with Crippen LogP contribution in [0, 0.1) is 0 Å². The second kappa shape index (κ2) is 20.8. The summed E-state index contributed by atoms with van der Waals surface area (Å²) in [7, 11) is 0. The highest BCUT2D eigenvalue weighted by atomic mass is 32.3. The van der Waals surface area contributed by atoms with E-state index in [0.717, 1.165) is 20.3 Å². The molecule has 268 valence electrons. The Morgan fingerprint density at radius 3 is 0.560 bits per heavy atom. The maximum Gasteiger partial charge on any atom is 0.0717 e. The molecule has 0 spiro atoms. The van der Waals surface area contributed by atoms with Crippen LogP contribution in [-0.2, 0) is 0 Å². The molecule has 0 aliphatic carbocycles. The molecule has 8 rings (SSSR count). The lowest BCUT2D eigenvalue weighted by Crippen LogP contribution is -1.80. The summed E-state index contributed by atoms with van der Waals surface area (Å²) in [6.45, 7) is 0. The van der Waals surface area contributed by atoms with E-state index >= 15 is 0 Å². The smallest absolute Gasteiger partial charge is 0.0717 e. The van der Waals surface area contributed by atoms with E-state index in [4.69, 9.17) is 0 Å². The van der Waals surface area contributed by atoms with Crippen LogP contribution in [0.3, 0.4) is 0 Å². The topological polar surface area (TPSA) is 0 Å². The fourth-order valence-electron chi connectivity index (χ4n) is 3.89. The van der Waals surface area contributed by atoms with Crippen molar-refractivity contribution < 1.29 is 0 Å². The van der Waals surface area contributed by atoms with Crippen LogP contribution in [0.25, 0.3) is 0 Å². The minimum Gasteiger partial charge on any atom is -0.121 e. The Balaban J connectivity index is 0.855. The van der Waals surface area contributed by atoms with Crippen molar-refractivity contribution in [2.75, 3.05) is 45.4 Å². The van der Waals surface area contributed by atoms with Gasteiger partial charge < -0.3 is 0 Å². The molecule has 0 bridgehead atoms. The lowest BCUT2D eigenvalue weighted by Gasteiger charge is -2.09. The van der Waals surface area contributed by atoms with Crippen molar-refractivity contribution in [2.24, 2.45) is 0 Å². The summed E-state index contributed by atoms with van der Waals surface area (Å²) < 4.78 is 26.8. The fourth-order valence-corrected chi connectivity index (χ4v) is 40.3. The Morgan fingerprint density at radius 1 is 0.240 bits per heavy atom. The highest BCUT2D eigenvalue weighted by Crippen LogP contribution is 2.71. The van der Waals surface area contributed by atoms with Gasteiger partial charge in [-0.2, -0.15) is 0 Å². The third kappa shape index (κ3) is 10.2. The molecule has 0 amide bonds. The zero-order valence-corrected chi connectivity index (χ0v) is 45.2. The number of thioether (sulfide) groups is 24. The van der Waals surface area contributed by atoms with Crippen molar-refractivity contribution in [1.82, 2.24) is 0 Å². The van der Waals surface area contributed by atoms with Gasteiger partial charge in [-0.05, 0) is 25.0 Å². The quantitative estimate of drug-likeness (QED) is 0.262. The first kappa shape index (κ1) is 42.7. The molecule has 8 aliphatic rings. The molecule has 0 aromatic rings. The SMILES string of the molecule is CSC1=C(SC)SC(=C2SC3=C(SCSC4=C(SCS3)SC(=C3SC5=C(SCSC6=C(SCS5)SC(=C5SC(SC)=C(SC)S5)S6)S3)S4)S2)S1. The van der Waals surface area contributed by atoms with Crippen molar-refractivity contribution >= 4 is 282 Å². The third-order valence-corrected chi connectivity index (χ3v) is 40.6. The molecular formula is C26H20S24. The van der Waals surface area contributed by atoms with Crippen molar-refractivity contribution in [3.63, 3.8) is 0 Å². The predicted molar refractivity (Wildman–Crippen MR) is 289 cm³/mol. The zero-order valence-electron chi connectivity index (χ0n) is 25.6. The van der Waals surface area contributed by atoms with Gasteiger partial charge in [-0.1, -0.05) is 141 Å². The van der Waals surface area contributed by atoms with Gasteiger partial charge in [0.05, 0.1) is 76.3 Å². The minimum atomic E-state index is 1.07. The van der Waals surface area contributed by atoms with E-state index in [9.17, 15) is 0 Å². The van der Waals surface area contributed by atoms with E-state index in [1.165, 1.54) is 76.3 Å². The molecule has 0 N–H and O–H groups in total. The maximum absolute atomic E-state index is 2.20. The summed E-state index contributed by atoms with van der Waals surface area (Å²) in [6.07, 6.45) is 8.81. The van der Waals surface area contributed by atoms with E-state index in [2.05, 4.69) is 72.1 Å². The molecule has 0 radical (unpaired) electrons. The molecule has 8 heterocycles. The lowest BCUT2D eigenvalue weighted by molar-refractivity contribution is 2.15. The molecule has 24 heteroatoms. The monoisotopic (exact) mass is 1100 g/mol. The van der Waals surface area contributed by atoms with Crippen LogP contribution in [-0.4, -0.2) is 45.4 Å². The molecular weight excluding hydrogens is 1080 g/mol. The summed E-state index contributed by atoms with van der Waals surface area (Å²) in [6, 6.07) is 0. The normalized spacial score (nSPS) is 25.7. The van der Waals surface area contributed by atoms with Crippen molar-refractivity contribution in [3.05, 3.63) is 76.3 Å². The summed E-state index contributed by atoms with van der Waals surface area (Å²) >= 11 is 48.1. The Bertz CT molecular complexity index is 1520. The van der Waals surface area contributed by atoms with Gasteiger partial charge in [0.25, 0.3) is 0 Å². The van der Waals surface area contributed by atoms with Crippen LogP contribution in [0.5, 0.6) is 0 Å². The van der Waals surface area contributed by atoms with Gasteiger partial charge >= 0.3 is 0 Å². The van der Waals surface area contributed by atoms with Gasteiger partial charge in [-0.3, -0.25) is 0 Å². The zero-order chi connectivity index (χ0) is 34.2. The Morgan fingerprint density at radius 2 is 0.400 bits per heavy atom. The maximum atomic E-state index is 2.20. The van der Waals surface area contributed by atoms with Crippen molar-refractivity contribution in [2.45, 2.75) is 0 Å². The lowest BCUT2D eigenvalue weighted by atomic mass is 11.2. The molecule has 0 nitrogen and oxygen atoms in total. The van der Waals surface area contributed by atoms with E-state index in [1.54, 1.807) is 0 Å². The van der Waals surface area contributed by atoms with Gasteiger partial charge in [0, 0.05) is 20.3 Å². The molecule has 0 fully saturated rings. The highest BCUT2D eigenvalue weighted by Gasteiger charge is 2.35. The second-order valence-corrected chi connectivity index (χ2v) is 38.4. The van der Waals surface area contributed by atoms with Gasteiger partial charge in [-0.15, -0.1) is 141 Å². The van der Waals surface area contributed by atoms with Gasteiger partial charge in [0.2, 0.25) is 0 Å². The van der Waals surface area contributed by atoms with Crippen LogP contribution < -0.4 is 0 Å². The first-order valence-electron chi connectivity index (χ1n) is 13.5. The predicted octanol–water partition coefficient (Wildman–Crippen LogP) is 19.2. The second-order valence-electron chi connectivity index (χ2n) is 8.84. The van der Waals surface area contributed by atoms with Gasteiger partial charge in [-0.25, -0.2) is 0 Å². The number of hydrogen-bond donors (Lipinski definition) is 0. The Hall–Kier alpha value is 6.06. The summed E-state index contributed by atoms with van der Waals surface area (Å²) in [4.78, 5) is 0. The van der Waals surface area contributed by atoms with Crippen LogP contribution in [0.2, 0.25) is 0 Å². The van der Waals surface area contributed by atoms with E-state index in [0.29, 0.717) is 0 Å². The largest absolute Gasteiger partial charge is 0.121 e. The average molecular weight is 1100 g/mol. The minimum absolute atomic E-state index is 1.07. The molecule has 50 heavy (non-hydrogen) atoms.